The van der Waals surface area contributed by atoms with Crippen molar-refractivity contribution in [3.05, 3.63) is 40.3 Å². The molecule has 0 aliphatic carbocycles. The SMILES string of the molecule is N=C1NC(=O)/C(=C\c2ccccc2C(F)(F)F)S1. The van der Waals surface area contributed by atoms with E-state index in [4.69, 9.17) is 5.41 Å². The molecular weight excluding hydrogens is 265 g/mol. The van der Waals surface area contributed by atoms with E-state index in [1.165, 1.54) is 18.2 Å². The highest BCUT2D eigenvalue weighted by Crippen LogP contribution is 2.34. The van der Waals surface area contributed by atoms with Crippen molar-refractivity contribution in [3.8, 4) is 0 Å². The van der Waals surface area contributed by atoms with E-state index in [1.54, 1.807) is 0 Å². The van der Waals surface area contributed by atoms with Crippen molar-refractivity contribution < 1.29 is 18.0 Å². The highest BCUT2D eigenvalue weighted by Gasteiger charge is 2.33. The van der Waals surface area contributed by atoms with Crippen LogP contribution in [-0.4, -0.2) is 11.1 Å². The Morgan fingerprint density at radius 3 is 2.50 bits per heavy atom. The van der Waals surface area contributed by atoms with E-state index in [0.717, 1.165) is 23.9 Å². The maximum Gasteiger partial charge on any atom is 0.416 e. The zero-order valence-corrected chi connectivity index (χ0v) is 9.65. The lowest BCUT2D eigenvalue weighted by atomic mass is 10.1. The molecule has 0 radical (unpaired) electrons. The number of thioether (sulfide) groups is 1. The van der Waals surface area contributed by atoms with Crippen LogP contribution in [0.1, 0.15) is 11.1 Å². The molecule has 1 heterocycles. The van der Waals surface area contributed by atoms with Gasteiger partial charge in [-0.05, 0) is 29.5 Å². The summed E-state index contributed by atoms with van der Waals surface area (Å²) in [4.78, 5) is 11.4. The van der Waals surface area contributed by atoms with Crippen molar-refractivity contribution in [3.63, 3.8) is 0 Å². The Bertz CT molecular complexity index is 551. The van der Waals surface area contributed by atoms with E-state index in [-0.39, 0.29) is 15.6 Å². The molecule has 94 valence electrons. The maximum absolute atomic E-state index is 12.7. The summed E-state index contributed by atoms with van der Waals surface area (Å²) in [5.41, 5.74) is -0.887. The lowest BCUT2D eigenvalue weighted by Crippen LogP contribution is -2.18. The van der Waals surface area contributed by atoms with Crippen LogP contribution in [0.2, 0.25) is 0 Å². The quantitative estimate of drug-likeness (QED) is 0.772. The van der Waals surface area contributed by atoms with Crippen molar-refractivity contribution in [2.45, 2.75) is 6.18 Å². The fourth-order valence-corrected chi connectivity index (χ4v) is 2.16. The van der Waals surface area contributed by atoms with Crippen molar-refractivity contribution >= 4 is 28.9 Å². The molecule has 18 heavy (non-hydrogen) atoms. The third-order valence-electron chi connectivity index (χ3n) is 2.22. The van der Waals surface area contributed by atoms with Crippen LogP contribution in [0.15, 0.2) is 29.2 Å². The van der Waals surface area contributed by atoms with Crippen molar-refractivity contribution in [2.24, 2.45) is 0 Å². The Morgan fingerprint density at radius 2 is 1.94 bits per heavy atom. The predicted octanol–water partition coefficient (Wildman–Crippen LogP) is 2.84. The number of nitrogens with one attached hydrogen (secondary N) is 2. The van der Waals surface area contributed by atoms with E-state index in [1.807, 2.05) is 0 Å². The number of amidine groups is 1. The van der Waals surface area contributed by atoms with Gasteiger partial charge >= 0.3 is 6.18 Å². The van der Waals surface area contributed by atoms with Crippen molar-refractivity contribution in [1.82, 2.24) is 5.32 Å². The Balaban J connectivity index is 2.44. The number of halogens is 3. The molecular formula is C11H7F3N2OS. The van der Waals surface area contributed by atoms with E-state index in [9.17, 15) is 18.0 Å². The standard InChI is InChI=1S/C11H7F3N2OS/c12-11(13,14)7-4-2-1-3-6(7)5-8-9(17)16-10(15)18-8/h1-5H,(H2,15,16,17)/b8-5+. The average molecular weight is 272 g/mol. The van der Waals surface area contributed by atoms with Crippen LogP contribution < -0.4 is 5.32 Å². The van der Waals surface area contributed by atoms with Crippen LogP contribution in [0.25, 0.3) is 6.08 Å². The largest absolute Gasteiger partial charge is 0.416 e. The summed E-state index contributed by atoms with van der Waals surface area (Å²) in [6.07, 6.45) is -3.33. The van der Waals surface area contributed by atoms with Gasteiger partial charge in [0.15, 0.2) is 5.17 Å². The molecule has 3 nitrogen and oxygen atoms in total. The fraction of sp³-hybridized carbons (Fsp3) is 0.0909. The summed E-state index contributed by atoms with van der Waals surface area (Å²) < 4.78 is 38.2. The van der Waals surface area contributed by atoms with E-state index in [0.29, 0.717) is 0 Å². The van der Waals surface area contributed by atoms with Gasteiger partial charge < -0.3 is 5.32 Å². The number of benzene rings is 1. The molecule has 1 amide bonds. The second-order valence-corrected chi connectivity index (χ2v) is 4.53. The van der Waals surface area contributed by atoms with Crippen LogP contribution in [0.3, 0.4) is 0 Å². The van der Waals surface area contributed by atoms with Gasteiger partial charge in [-0.25, -0.2) is 0 Å². The number of hydrogen-bond donors (Lipinski definition) is 2. The minimum Gasteiger partial charge on any atom is -0.301 e. The molecule has 7 heteroatoms. The summed E-state index contributed by atoms with van der Waals surface area (Å²) >= 11 is 0.804. The van der Waals surface area contributed by atoms with E-state index >= 15 is 0 Å². The van der Waals surface area contributed by atoms with Gasteiger partial charge in [-0.3, -0.25) is 10.2 Å². The molecule has 1 aliphatic heterocycles. The maximum atomic E-state index is 12.7. The highest BCUT2D eigenvalue weighted by molar-refractivity contribution is 8.18. The van der Waals surface area contributed by atoms with Crippen LogP contribution in [0, 0.1) is 5.41 Å². The fourth-order valence-electron chi connectivity index (χ4n) is 1.46. The summed E-state index contributed by atoms with van der Waals surface area (Å²) in [6, 6.07) is 4.99. The Morgan fingerprint density at radius 1 is 1.28 bits per heavy atom. The Labute approximate surface area is 105 Å². The van der Waals surface area contributed by atoms with Gasteiger partial charge in [0, 0.05) is 0 Å². The number of carbonyl (C=O) groups excluding carboxylic acids is 1. The minimum atomic E-state index is -4.47. The molecule has 1 aromatic carbocycles. The van der Waals surface area contributed by atoms with Crippen LogP contribution in [-0.2, 0) is 11.0 Å². The molecule has 1 fully saturated rings. The highest BCUT2D eigenvalue weighted by atomic mass is 32.2. The third kappa shape index (κ3) is 2.56. The molecule has 2 N–H and O–H groups in total. The number of amides is 1. The zero-order chi connectivity index (χ0) is 13.3. The van der Waals surface area contributed by atoms with Crippen LogP contribution >= 0.6 is 11.8 Å². The lowest BCUT2D eigenvalue weighted by molar-refractivity contribution is -0.137. The zero-order valence-electron chi connectivity index (χ0n) is 8.84. The summed E-state index contributed by atoms with van der Waals surface area (Å²) in [5.74, 6) is -0.554. The molecule has 1 aliphatic rings. The predicted molar refractivity (Wildman–Crippen MR) is 62.9 cm³/mol. The number of rotatable bonds is 1. The van der Waals surface area contributed by atoms with Crippen LogP contribution in [0.4, 0.5) is 13.2 Å². The Hall–Kier alpha value is -1.76. The van der Waals surface area contributed by atoms with Gasteiger partial charge in [0.25, 0.3) is 5.91 Å². The van der Waals surface area contributed by atoms with Crippen molar-refractivity contribution in [1.29, 1.82) is 5.41 Å². The lowest BCUT2D eigenvalue weighted by Gasteiger charge is -2.09. The molecule has 0 aromatic heterocycles. The number of hydrogen-bond acceptors (Lipinski definition) is 3. The molecule has 0 saturated carbocycles. The monoisotopic (exact) mass is 272 g/mol. The summed E-state index contributed by atoms with van der Waals surface area (Å²) in [6.45, 7) is 0. The molecule has 0 spiro atoms. The topological polar surface area (TPSA) is 53.0 Å². The first-order valence-electron chi connectivity index (χ1n) is 4.83. The van der Waals surface area contributed by atoms with Gasteiger partial charge in [-0.1, -0.05) is 18.2 Å². The summed E-state index contributed by atoms with van der Waals surface area (Å²) in [7, 11) is 0. The first-order valence-corrected chi connectivity index (χ1v) is 5.65. The first kappa shape index (κ1) is 12.7. The second kappa shape index (κ2) is 4.49. The summed E-state index contributed by atoms with van der Waals surface area (Å²) in [5, 5.41) is 9.34. The molecule has 1 saturated heterocycles. The smallest absolute Gasteiger partial charge is 0.301 e. The molecule has 1 aromatic rings. The van der Waals surface area contributed by atoms with Gasteiger partial charge in [0.2, 0.25) is 0 Å². The second-order valence-electron chi connectivity index (χ2n) is 3.48. The molecule has 0 unspecified atom stereocenters. The Kier molecular flexibility index (Phi) is 3.16. The van der Waals surface area contributed by atoms with Gasteiger partial charge in [0.1, 0.15) is 0 Å². The molecule has 0 atom stereocenters. The molecule has 2 rings (SSSR count). The molecule has 0 bridgehead atoms. The first-order chi connectivity index (χ1) is 8.38. The van der Waals surface area contributed by atoms with Gasteiger partial charge in [-0.15, -0.1) is 0 Å². The van der Waals surface area contributed by atoms with Crippen molar-refractivity contribution in [2.75, 3.05) is 0 Å². The minimum absolute atomic E-state index is 0.0803. The van der Waals surface area contributed by atoms with E-state index < -0.39 is 17.6 Å². The average Bonchev–Trinajstić information content (AvgIpc) is 2.57. The third-order valence-corrected chi connectivity index (χ3v) is 3.05. The van der Waals surface area contributed by atoms with Gasteiger partial charge in [-0.2, -0.15) is 13.2 Å². The van der Waals surface area contributed by atoms with Crippen LogP contribution in [0.5, 0.6) is 0 Å². The number of alkyl halides is 3. The van der Waals surface area contributed by atoms with Gasteiger partial charge in [0.05, 0.1) is 10.5 Å². The normalized spacial score (nSPS) is 18.3. The number of carbonyl (C=O) groups is 1. The van der Waals surface area contributed by atoms with E-state index in [2.05, 4.69) is 5.32 Å².